The van der Waals surface area contributed by atoms with Gasteiger partial charge in [0.05, 0.1) is 38.6 Å². The Morgan fingerprint density at radius 3 is 1.62 bits per heavy atom. The molecular weight excluding hydrogens is 676 g/mol. The Bertz CT molecular complexity index is 1760. The lowest BCUT2D eigenvalue weighted by atomic mass is 9.96. The number of benzene rings is 4. The van der Waals surface area contributed by atoms with Gasteiger partial charge in [-0.15, -0.1) is 0 Å². The minimum atomic E-state index is -0.606. The summed E-state index contributed by atoms with van der Waals surface area (Å²) in [4.78, 5) is 25.2. The van der Waals surface area contributed by atoms with Gasteiger partial charge in [-0.25, -0.2) is 9.59 Å². The van der Waals surface area contributed by atoms with Crippen LogP contribution in [0.5, 0.6) is 0 Å². The lowest BCUT2D eigenvalue weighted by Gasteiger charge is -2.17. The van der Waals surface area contributed by atoms with E-state index in [0.717, 1.165) is 33.4 Å². The molecule has 8 N–H and O–H groups in total. The molecule has 0 bridgehead atoms. The van der Waals surface area contributed by atoms with Gasteiger partial charge in [0.25, 0.3) is 0 Å². The van der Waals surface area contributed by atoms with Crippen molar-refractivity contribution in [2.45, 2.75) is 71.4 Å². The molecule has 0 saturated heterocycles. The van der Waals surface area contributed by atoms with Gasteiger partial charge in [0.15, 0.2) is 0 Å². The Morgan fingerprint density at radius 1 is 0.585 bits per heavy atom. The molecule has 0 aliphatic heterocycles. The second-order valence-corrected chi connectivity index (χ2v) is 13.4. The number of rotatable bonds is 18. The summed E-state index contributed by atoms with van der Waals surface area (Å²) in [5.41, 5.74) is 20.9. The highest BCUT2D eigenvalue weighted by Gasteiger charge is 2.15. The molecule has 4 aromatic rings. The molecule has 0 fully saturated rings. The van der Waals surface area contributed by atoms with E-state index < -0.39 is 36.6 Å². The molecule has 0 aliphatic carbocycles. The van der Waals surface area contributed by atoms with Gasteiger partial charge in [0, 0.05) is 22.7 Å². The Kier molecular flexibility index (Phi) is 15.5. The maximum atomic E-state index is 12.9. The normalized spacial score (nSPS) is 13.4. The molecule has 284 valence electrons. The third-order valence-corrected chi connectivity index (χ3v) is 8.04. The summed E-state index contributed by atoms with van der Waals surface area (Å²) in [6, 6.07) is 27.1. The van der Waals surface area contributed by atoms with Crippen LogP contribution in [0.15, 0.2) is 84.9 Å². The molecule has 2 amide bonds. The number of carbonyl (C=O) groups excluding carboxylic acids is 2. The van der Waals surface area contributed by atoms with E-state index in [2.05, 4.69) is 10.6 Å². The number of nitrogens with two attached hydrogens (primary N) is 2. The van der Waals surface area contributed by atoms with Gasteiger partial charge in [-0.1, -0.05) is 48.5 Å². The van der Waals surface area contributed by atoms with Crippen molar-refractivity contribution in [3.63, 3.8) is 0 Å². The van der Waals surface area contributed by atoms with Crippen LogP contribution in [0.1, 0.15) is 61.1 Å². The van der Waals surface area contributed by atoms with Gasteiger partial charge in [0.1, 0.15) is 12.2 Å². The fraction of sp³-hybridized carbons (Fsp3) is 0.366. The second-order valence-electron chi connectivity index (χ2n) is 13.4. The van der Waals surface area contributed by atoms with E-state index in [-0.39, 0.29) is 26.4 Å². The van der Waals surface area contributed by atoms with Crippen molar-refractivity contribution in [1.29, 1.82) is 0 Å². The van der Waals surface area contributed by atoms with Crippen LogP contribution in [0.3, 0.4) is 0 Å². The zero-order valence-electron chi connectivity index (χ0n) is 30.8. The number of hydrogen-bond acceptors (Lipinski definition) is 10. The Balaban J connectivity index is 1.38. The SMILES string of the molecule is CC(O)COCC(C)OC(=O)Nc1ccc(Cc2ccc(Cc3ccc(Cc4ccc(N)cc4)c(NC(=O)OC(C)COCC(C)O)c3)c(N)c2)cc1. The Morgan fingerprint density at radius 2 is 1.06 bits per heavy atom. The van der Waals surface area contributed by atoms with Gasteiger partial charge in [-0.3, -0.25) is 10.6 Å². The number of ether oxygens (including phenoxy) is 4. The fourth-order valence-electron chi connectivity index (χ4n) is 5.47. The van der Waals surface area contributed by atoms with Gasteiger partial charge < -0.3 is 40.6 Å². The molecule has 4 atom stereocenters. The average Bonchev–Trinajstić information content (AvgIpc) is 3.08. The summed E-state index contributed by atoms with van der Waals surface area (Å²) in [5.74, 6) is 0. The minimum Gasteiger partial charge on any atom is -0.444 e. The summed E-state index contributed by atoms with van der Waals surface area (Å²) in [5, 5.41) is 24.3. The summed E-state index contributed by atoms with van der Waals surface area (Å²) in [7, 11) is 0. The zero-order valence-corrected chi connectivity index (χ0v) is 30.8. The maximum absolute atomic E-state index is 12.9. The summed E-state index contributed by atoms with van der Waals surface area (Å²) >= 11 is 0. The maximum Gasteiger partial charge on any atom is 0.411 e. The fourth-order valence-corrected chi connectivity index (χ4v) is 5.47. The number of hydrogen-bond donors (Lipinski definition) is 6. The highest BCUT2D eigenvalue weighted by molar-refractivity contribution is 5.86. The molecule has 53 heavy (non-hydrogen) atoms. The van der Waals surface area contributed by atoms with Crippen LogP contribution in [-0.2, 0) is 38.2 Å². The second kappa shape index (κ2) is 20.2. The van der Waals surface area contributed by atoms with Crippen molar-refractivity contribution in [2.24, 2.45) is 0 Å². The van der Waals surface area contributed by atoms with Gasteiger partial charge >= 0.3 is 12.2 Å². The molecule has 0 aliphatic rings. The molecule has 4 aromatic carbocycles. The quantitative estimate of drug-likeness (QED) is 0.0636. The first kappa shape index (κ1) is 40.6. The Labute approximate surface area is 311 Å². The topological polar surface area (TPSA) is 188 Å². The molecule has 4 rings (SSSR count). The predicted molar refractivity (Wildman–Crippen MR) is 207 cm³/mol. The van der Waals surface area contributed by atoms with E-state index in [1.54, 1.807) is 27.7 Å². The zero-order chi connectivity index (χ0) is 38.3. The van der Waals surface area contributed by atoms with Gasteiger partial charge in [-0.2, -0.15) is 0 Å². The molecule has 0 aromatic heterocycles. The molecule has 0 radical (unpaired) electrons. The van der Waals surface area contributed by atoms with Crippen molar-refractivity contribution < 1.29 is 38.7 Å². The van der Waals surface area contributed by atoms with Gasteiger partial charge in [0.2, 0.25) is 0 Å². The Hall–Kier alpha value is -5.14. The first-order valence-electron chi connectivity index (χ1n) is 17.7. The van der Waals surface area contributed by atoms with Crippen molar-refractivity contribution in [1.82, 2.24) is 0 Å². The molecule has 4 unspecified atom stereocenters. The first-order chi connectivity index (χ1) is 25.3. The number of aliphatic hydroxyl groups excluding tert-OH is 2. The number of aliphatic hydroxyl groups is 2. The van der Waals surface area contributed by atoms with Crippen LogP contribution in [0.25, 0.3) is 0 Å². The third-order valence-electron chi connectivity index (χ3n) is 8.04. The largest absolute Gasteiger partial charge is 0.444 e. The molecule has 0 spiro atoms. The standard InChI is InChI=1S/C41H52N4O8/c1-26(46)22-50-24-28(3)52-40(48)44-37-15-9-30(10-16-37)17-32-5-11-34(38(43)20-32)19-33-6-12-35(18-31-7-13-36(42)14-8-31)39(21-33)45-41(49)53-29(4)25-51-23-27(2)47/h5-16,20-21,26-29,46-47H,17-19,22-25,42-43H2,1-4H3,(H,44,48)(H,45,49). The number of nitrogen functional groups attached to an aromatic ring is 2. The van der Waals surface area contributed by atoms with Crippen LogP contribution in [0, 0.1) is 0 Å². The van der Waals surface area contributed by atoms with Crippen molar-refractivity contribution in [2.75, 3.05) is 48.5 Å². The molecular formula is C41H52N4O8. The van der Waals surface area contributed by atoms with Crippen LogP contribution in [-0.4, -0.2) is 73.2 Å². The van der Waals surface area contributed by atoms with E-state index in [4.69, 9.17) is 30.4 Å². The van der Waals surface area contributed by atoms with Crippen molar-refractivity contribution >= 4 is 34.9 Å². The van der Waals surface area contributed by atoms with E-state index >= 15 is 0 Å². The van der Waals surface area contributed by atoms with E-state index in [0.29, 0.717) is 42.0 Å². The highest BCUT2D eigenvalue weighted by Crippen LogP contribution is 2.26. The summed E-state index contributed by atoms with van der Waals surface area (Å²) in [6.45, 7) is 7.38. The number of anilines is 4. The van der Waals surface area contributed by atoms with Crippen molar-refractivity contribution in [3.8, 4) is 0 Å². The van der Waals surface area contributed by atoms with Crippen molar-refractivity contribution in [3.05, 3.63) is 118 Å². The van der Waals surface area contributed by atoms with Crippen LogP contribution in [0.2, 0.25) is 0 Å². The molecule has 0 heterocycles. The third kappa shape index (κ3) is 14.4. The van der Waals surface area contributed by atoms with Gasteiger partial charge in [-0.05, 0) is 117 Å². The predicted octanol–water partition coefficient (Wildman–Crippen LogP) is 6.29. The molecule has 12 nitrogen and oxygen atoms in total. The lowest BCUT2D eigenvalue weighted by molar-refractivity contribution is -0.00108. The van der Waals surface area contributed by atoms with Crippen LogP contribution >= 0.6 is 0 Å². The van der Waals surface area contributed by atoms with Crippen LogP contribution < -0.4 is 22.1 Å². The summed E-state index contributed by atoms with van der Waals surface area (Å²) < 4.78 is 21.5. The monoisotopic (exact) mass is 728 g/mol. The minimum absolute atomic E-state index is 0.155. The number of nitrogens with one attached hydrogen (secondary N) is 2. The summed E-state index contributed by atoms with van der Waals surface area (Å²) in [6.07, 6.45) is -1.60. The van der Waals surface area contributed by atoms with Crippen LogP contribution in [0.4, 0.5) is 32.3 Å². The average molecular weight is 729 g/mol. The van der Waals surface area contributed by atoms with E-state index in [9.17, 15) is 19.8 Å². The first-order valence-corrected chi connectivity index (χ1v) is 17.7. The smallest absolute Gasteiger partial charge is 0.411 e. The lowest BCUT2D eigenvalue weighted by Crippen LogP contribution is -2.26. The highest BCUT2D eigenvalue weighted by atomic mass is 16.6. The molecule has 12 heteroatoms. The number of carbonyl (C=O) groups is 2. The van der Waals surface area contributed by atoms with E-state index in [1.165, 1.54) is 0 Å². The number of amides is 2. The molecule has 0 saturated carbocycles. The van der Waals surface area contributed by atoms with E-state index in [1.807, 2.05) is 84.9 Å².